The fourth-order valence-electron chi connectivity index (χ4n) is 2.18. The van der Waals surface area contributed by atoms with Gasteiger partial charge in [-0.2, -0.15) is 0 Å². The molecule has 0 saturated carbocycles. The molecule has 1 aromatic carbocycles. The van der Waals surface area contributed by atoms with Gasteiger partial charge in [-0.3, -0.25) is 9.78 Å². The molecule has 0 saturated heterocycles. The summed E-state index contributed by atoms with van der Waals surface area (Å²) in [6.07, 6.45) is 3.48. The van der Waals surface area contributed by atoms with Crippen LogP contribution in [0, 0.1) is 5.82 Å². The molecule has 5 nitrogen and oxygen atoms in total. The summed E-state index contributed by atoms with van der Waals surface area (Å²) >= 11 is 1.31. The number of aromatic nitrogens is 2. The van der Waals surface area contributed by atoms with Gasteiger partial charge in [-0.1, -0.05) is 25.6 Å². The van der Waals surface area contributed by atoms with Crippen molar-refractivity contribution < 1.29 is 9.18 Å². The molecule has 7 heteroatoms. The summed E-state index contributed by atoms with van der Waals surface area (Å²) in [5.41, 5.74) is 7.95. The Bertz CT molecular complexity index is 838. The number of amides is 1. The summed E-state index contributed by atoms with van der Waals surface area (Å²) < 4.78 is 13.6. The van der Waals surface area contributed by atoms with Gasteiger partial charge in [0.2, 0.25) is 5.91 Å². The smallest absolute Gasteiger partial charge is 0.243 e. The van der Waals surface area contributed by atoms with Crippen LogP contribution in [0.5, 0.6) is 0 Å². The van der Waals surface area contributed by atoms with Crippen LogP contribution in [-0.2, 0) is 11.2 Å². The van der Waals surface area contributed by atoms with Crippen molar-refractivity contribution in [3.8, 4) is 11.3 Å². The van der Waals surface area contributed by atoms with E-state index >= 15 is 0 Å². The van der Waals surface area contributed by atoms with Crippen molar-refractivity contribution in [2.24, 2.45) is 5.73 Å². The Balaban J connectivity index is 0.00000225. The number of halogens is 1. The lowest BCUT2D eigenvalue weighted by atomic mass is 10.1. The van der Waals surface area contributed by atoms with Crippen LogP contribution in [0.4, 0.5) is 9.52 Å². The van der Waals surface area contributed by atoms with E-state index in [1.54, 1.807) is 30.6 Å². The maximum Gasteiger partial charge on any atom is 0.243 e. The number of hydrogen-bond acceptors (Lipinski definition) is 5. The summed E-state index contributed by atoms with van der Waals surface area (Å²) in [7, 11) is 0. The van der Waals surface area contributed by atoms with Crippen LogP contribution in [-0.4, -0.2) is 21.9 Å². The zero-order chi connectivity index (χ0) is 16.9. The zero-order valence-corrected chi connectivity index (χ0v) is 13.5. The summed E-state index contributed by atoms with van der Waals surface area (Å²) in [5.74, 6) is -0.760. The maximum absolute atomic E-state index is 13.6. The van der Waals surface area contributed by atoms with Crippen molar-refractivity contribution in [3.63, 3.8) is 0 Å². The molecule has 3 rings (SSSR count). The standard InChI is InChI=1S/C17H15FN4OS.CH4/c18-13-4-2-1-3-12(13)9-14(19)16(23)22-17-21-15(10-24-17)11-5-7-20-8-6-11;/h1-8,10,14H,9,19H2,(H,21,22,23);1H4. The molecule has 0 fully saturated rings. The number of carbonyl (C=O) groups is 1. The molecule has 0 aliphatic heterocycles. The number of thiazole rings is 1. The molecule has 2 aromatic heterocycles. The molecule has 1 amide bonds. The second kappa shape index (κ2) is 8.46. The van der Waals surface area contributed by atoms with Gasteiger partial charge in [-0.05, 0) is 30.2 Å². The van der Waals surface area contributed by atoms with Gasteiger partial charge < -0.3 is 11.1 Å². The van der Waals surface area contributed by atoms with Crippen LogP contribution in [0.15, 0.2) is 54.2 Å². The van der Waals surface area contributed by atoms with E-state index < -0.39 is 11.9 Å². The second-order valence-electron chi connectivity index (χ2n) is 5.17. The van der Waals surface area contributed by atoms with Crippen molar-refractivity contribution in [2.45, 2.75) is 19.9 Å². The van der Waals surface area contributed by atoms with Gasteiger partial charge in [-0.25, -0.2) is 9.37 Å². The normalized spacial score (nSPS) is 11.4. The monoisotopic (exact) mass is 358 g/mol. The molecule has 0 radical (unpaired) electrons. The topological polar surface area (TPSA) is 80.9 Å². The highest BCUT2D eigenvalue weighted by molar-refractivity contribution is 7.14. The molecular weight excluding hydrogens is 339 g/mol. The lowest BCUT2D eigenvalue weighted by Crippen LogP contribution is -2.37. The van der Waals surface area contributed by atoms with Crippen LogP contribution >= 0.6 is 11.3 Å². The lowest BCUT2D eigenvalue weighted by molar-refractivity contribution is -0.117. The minimum atomic E-state index is -0.852. The van der Waals surface area contributed by atoms with E-state index in [9.17, 15) is 9.18 Å². The van der Waals surface area contributed by atoms with Gasteiger partial charge in [0, 0.05) is 23.3 Å². The number of nitrogens with zero attached hydrogens (tertiary/aromatic N) is 2. The Hall–Kier alpha value is -2.64. The Kier molecular flexibility index (Phi) is 6.32. The van der Waals surface area contributed by atoms with Crippen molar-refractivity contribution in [1.82, 2.24) is 9.97 Å². The fourth-order valence-corrected chi connectivity index (χ4v) is 2.90. The van der Waals surface area contributed by atoms with E-state index in [0.29, 0.717) is 10.7 Å². The van der Waals surface area contributed by atoms with E-state index in [4.69, 9.17) is 5.73 Å². The largest absolute Gasteiger partial charge is 0.320 e. The Morgan fingerprint density at radius 2 is 1.96 bits per heavy atom. The highest BCUT2D eigenvalue weighted by Gasteiger charge is 2.17. The molecule has 25 heavy (non-hydrogen) atoms. The van der Waals surface area contributed by atoms with E-state index in [1.807, 2.05) is 17.5 Å². The first-order chi connectivity index (χ1) is 11.6. The summed E-state index contributed by atoms with van der Waals surface area (Å²) in [4.78, 5) is 20.5. The average molecular weight is 358 g/mol. The van der Waals surface area contributed by atoms with Crippen molar-refractivity contribution >= 4 is 22.4 Å². The van der Waals surface area contributed by atoms with Crippen LogP contribution < -0.4 is 11.1 Å². The Morgan fingerprint density at radius 3 is 2.68 bits per heavy atom. The van der Waals surface area contributed by atoms with Gasteiger partial charge in [0.1, 0.15) is 5.82 Å². The first-order valence-electron chi connectivity index (χ1n) is 7.29. The Morgan fingerprint density at radius 1 is 1.24 bits per heavy atom. The summed E-state index contributed by atoms with van der Waals surface area (Å²) in [6, 6.07) is 9.10. The number of carbonyl (C=O) groups excluding carboxylic acids is 1. The minimum absolute atomic E-state index is 0. The number of benzene rings is 1. The molecule has 3 aromatic rings. The fraction of sp³-hybridized carbons (Fsp3) is 0.167. The minimum Gasteiger partial charge on any atom is -0.320 e. The highest BCUT2D eigenvalue weighted by Crippen LogP contribution is 2.24. The maximum atomic E-state index is 13.6. The molecule has 0 spiro atoms. The van der Waals surface area contributed by atoms with Gasteiger partial charge in [0.05, 0.1) is 11.7 Å². The molecule has 1 atom stereocenters. The van der Waals surface area contributed by atoms with Gasteiger partial charge in [0.25, 0.3) is 0 Å². The second-order valence-corrected chi connectivity index (χ2v) is 6.02. The highest BCUT2D eigenvalue weighted by atomic mass is 32.1. The summed E-state index contributed by atoms with van der Waals surface area (Å²) in [5, 5.41) is 4.97. The molecule has 0 aliphatic rings. The number of pyridine rings is 1. The van der Waals surface area contributed by atoms with E-state index in [2.05, 4.69) is 15.3 Å². The molecule has 1 unspecified atom stereocenters. The number of nitrogens with one attached hydrogen (secondary N) is 1. The van der Waals surface area contributed by atoms with Crippen molar-refractivity contribution in [1.29, 1.82) is 0 Å². The third kappa shape index (κ3) is 4.68. The number of hydrogen-bond donors (Lipinski definition) is 2. The molecule has 130 valence electrons. The van der Waals surface area contributed by atoms with Gasteiger partial charge >= 0.3 is 0 Å². The predicted molar refractivity (Wildman–Crippen MR) is 98.8 cm³/mol. The van der Waals surface area contributed by atoms with Crippen molar-refractivity contribution in [2.75, 3.05) is 5.32 Å². The van der Waals surface area contributed by atoms with Crippen LogP contribution in [0.1, 0.15) is 13.0 Å². The third-order valence-corrected chi connectivity index (χ3v) is 4.20. The predicted octanol–water partition coefficient (Wildman–Crippen LogP) is 3.49. The molecule has 2 heterocycles. The Labute approximate surface area is 149 Å². The quantitative estimate of drug-likeness (QED) is 0.731. The molecule has 3 N–H and O–H groups in total. The third-order valence-electron chi connectivity index (χ3n) is 3.44. The zero-order valence-electron chi connectivity index (χ0n) is 12.6. The number of anilines is 1. The van der Waals surface area contributed by atoms with Crippen LogP contribution in [0.25, 0.3) is 11.3 Å². The van der Waals surface area contributed by atoms with Crippen LogP contribution in [0.3, 0.4) is 0 Å². The van der Waals surface area contributed by atoms with Gasteiger partial charge in [0.15, 0.2) is 5.13 Å². The summed E-state index contributed by atoms with van der Waals surface area (Å²) in [6.45, 7) is 0. The van der Waals surface area contributed by atoms with Gasteiger partial charge in [-0.15, -0.1) is 11.3 Å². The first kappa shape index (κ1) is 18.7. The van der Waals surface area contributed by atoms with E-state index in [1.165, 1.54) is 17.4 Å². The molecule has 0 bridgehead atoms. The lowest BCUT2D eigenvalue weighted by Gasteiger charge is -2.11. The van der Waals surface area contributed by atoms with E-state index in [-0.39, 0.29) is 19.7 Å². The first-order valence-corrected chi connectivity index (χ1v) is 8.17. The number of rotatable bonds is 5. The SMILES string of the molecule is C.NC(Cc1ccccc1F)C(=O)Nc1nc(-c2ccncc2)cs1. The molecule has 0 aliphatic carbocycles. The molecular formula is C18H19FN4OS. The number of nitrogens with two attached hydrogens (primary N) is 1. The van der Waals surface area contributed by atoms with Crippen LogP contribution in [0.2, 0.25) is 0 Å². The van der Waals surface area contributed by atoms with Crippen molar-refractivity contribution in [3.05, 3.63) is 65.6 Å². The van der Waals surface area contributed by atoms with E-state index in [0.717, 1.165) is 11.3 Å². The average Bonchev–Trinajstić information content (AvgIpc) is 3.06.